The third kappa shape index (κ3) is 4.02. The van der Waals surface area contributed by atoms with Gasteiger partial charge in [-0.3, -0.25) is 9.59 Å². The Morgan fingerprint density at radius 1 is 1.22 bits per heavy atom. The summed E-state index contributed by atoms with van der Waals surface area (Å²) in [6.07, 6.45) is 0.710. The molecule has 0 aliphatic rings. The summed E-state index contributed by atoms with van der Waals surface area (Å²) in [5.41, 5.74) is 3.58. The van der Waals surface area contributed by atoms with Gasteiger partial charge < -0.3 is 10.3 Å². The summed E-state index contributed by atoms with van der Waals surface area (Å²) in [7, 11) is 0. The van der Waals surface area contributed by atoms with Crippen LogP contribution in [-0.2, 0) is 6.42 Å². The molecule has 0 saturated carbocycles. The lowest BCUT2D eigenvalue weighted by Crippen LogP contribution is -2.34. The second kappa shape index (κ2) is 7.01. The van der Waals surface area contributed by atoms with Crippen molar-refractivity contribution in [2.24, 2.45) is 0 Å². The number of hydrogen-bond donors (Lipinski definition) is 2. The molecule has 0 saturated heterocycles. The van der Waals surface area contributed by atoms with Gasteiger partial charge in [-0.1, -0.05) is 23.7 Å². The van der Waals surface area contributed by atoms with E-state index in [2.05, 4.69) is 10.3 Å². The number of ketones is 1. The molecule has 2 N–H and O–H groups in total. The van der Waals surface area contributed by atoms with Gasteiger partial charge in [0.05, 0.1) is 0 Å². The number of Topliss-reactive ketones (excluding diaryl/α,β-unsaturated/α-hetero) is 1. The molecule has 0 fully saturated rings. The number of hydrogen-bond acceptors (Lipinski definition) is 2. The van der Waals surface area contributed by atoms with Crippen molar-refractivity contribution in [3.63, 3.8) is 0 Å². The van der Waals surface area contributed by atoms with Crippen molar-refractivity contribution in [2.75, 3.05) is 0 Å². The highest BCUT2D eigenvalue weighted by molar-refractivity contribution is 6.30. The van der Waals surface area contributed by atoms with Gasteiger partial charge in [0.25, 0.3) is 5.91 Å². The Balaban J connectivity index is 2.08. The van der Waals surface area contributed by atoms with Crippen molar-refractivity contribution in [3.05, 3.63) is 57.4 Å². The Bertz CT molecular complexity index is 732. The zero-order chi connectivity index (χ0) is 17.1. The van der Waals surface area contributed by atoms with Gasteiger partial charge in [-0.15, -0.1) is 0 Å². The topological polar surface area (TPSA) is 62.0 Å². The Labute approximate surface area is 141 Å². The molecule has 1 unspecified atom stereocenters. The molecule has 1 amide bonds. The minimum absolute atomic E-state index is 0.0348. The normalized spacial score (nSPS) is 12.0. The summed E-state index contributed by atoms with van der Waals surface area (Å²) in [4.78, 5) is 27.1. The van der Waals surface area contributed by atoms with Gasteiger partial charge in [-0.25, -0.2) is 0 Å². The first-order valence-corrected chi connectivity index (χ1v) is 7.92. The third-order valence-corrected chi connectivity index (χ3v) is 4.10. The van der Waals surface area contributed by atoms with Crippen molar-refractivity contribution in [3.8, 4) is 0 Å². The molecule has 2 aromatic rings. The van der Waals surface area contributed by atoms with Gasteiger partial charge in [0, 0.05) is 22.3 Å². The van der Waals surface area contributed by atoms with E-state index >= 15 is 0 Å². The van der Waals surface area contributed by atoms with Crippen LogP contribution in [-0.4, -0.2) is 22.7 Å². The molecule has 23 heavy (non-hydrogen) atoms. The minimum Gasteiger partial charge on any atom is -0.354 e. The maximum absolute atomic E-state index is 12.4. The number of aromatic amines is 1. The average Bonchev–Trinajstić information content (AvgIpc) is 2.76. The van der Waals surface area contributed by atoms with Gasteiger partial charge in [0.2, 0.25) is 0 Å². The molecule has 4 nitrogen and oxygen atoms in total. The van der Waals surface area contributed by atoms with Gasteiger partial charge in [-0.05, 0) is 57.4 Å². The summed E-state index contributed by atoms with van der Waals surface area (Å²) >= 11 is 5.87. The Hall–Kier alpha value is -2.07. The predicted molar refractivity (Wildman–Crippen MR) is 92.4 cm³/mol. The number of aromatic nitrogens is 1. The van der Waals surface area contributed by atoms with Gasteiger partial charge in [0.1, 0.15) is 5.69 Å². The summed E-state index contributed by atoms with van der Waals surface area (Å²) in [6.45, 7) is 7.05. The van der Waals surface area contributed by atoms with Crippen molar-refractivity contribution in [2.45, 2.75) is 40.2 Å². The fourth-order valence-electron chi connectivity index (χ4n) is 2.83. The number of benzene rings is 1. The Morgan fingerprint density at radius 3 is 2.35 bits per heavy atom. The molecule has 0 radical (unpaired) electrons. The van der Waals surface area contributed by atoms with E-state index in [1.807, 2.05) is 31.2 Å². The molecule has 0 spiro atoms. The first-order chi connectivity index (χ1) is 10.8. The van der Waals surface area contributed by atoms with E-state index in [0.717, 1.165) is 11.3 Å². The van der Waals surface area contributed by atoms with E-state index < -0.39 is 0 Å². The van der Waals surface area contributed by atoms with Crippen LogP contribution >= 0.6 is 11.6 Å². The first-order valence-electron chi connectivity index (χ1n) is 7.55. The van der Waals surface area contributed by atoms with E-state index in [1.54, 1.807) is 13.8 Å². The number of H-pyrrole nitrogens is 1. The summed E-state index contributed by atoms with van der Waals surface area (Å²) in [5.74, 6) is -0.232. The molecule has 5 heteroatoms. The van der Waals surface area contributed by atoms with Crippen molar-refractivity contribution < 1.29 is 9.59 Å². The lowest BCUT2D eigenvalue weighted by atomic mass is 10.1. The van der Waals surface area contributed by atoms with Crippen LogP contribution in [0.4, 0.5) is 0 Å². The molecule has 2 rings (SSSR count). The van der Waals surface area contributed by atoms with Gasteiger partial charge >= 0.3 is 0 Å². The lowest BCUT2D eigenvalue weighted by Gasteiger charge is -2.14. The van der Waals surface area contributed by atoms with Crippen LogP contribution < -0.4 is 5.32 Å². The monoisotopic (exact) mass is 332 g/mol. The number of aryl methyl sites for hydroxylation is 1. The largest absolute Gasteiger partial charge is 0.354 e. The van der Waals surface area contributed by atoms with Crippen molar-refractivity contribution in [1.82, 2.24) is 10.3 Å². The molecule has 122 valence electrons. The highest BCUT2D eigenvalue weighted by Crippen LogP contribution is 2.18. The van der Waals surface area contributed by atoms with E-state index in [0.29, 0.717) is 28.3 Å². The van der Waals surface area contributed by atoms with E-state index in [-0.39, 0.29) is 17.7 Å². The lowest BCUT2D eigenvalue weighted by molar-refractivity contribution is 0.0934. The predicted octanol–water partition coefficient (Wildman–Crippen LogP) is 3.85. The zero-order valence-corrected chi connectivity index (χ0v) is 14.5. The fourth-order valence-corrected chi connectivity index (χ4v) is 2.95. The summed E-state index contributed by atoms with van der Waals surface area (Å²) in [6, 6.07) is 7.53. The molecular weight excluding hydrogens is 312 g/mol. The summed E-state index contributed by atoms with van der Waals surface area (Å²) < 4.78 is 0. The second-order valence-corrected chi connectivity index (χ2v) is 6.32. The molecule has 1 heterocycles. The third-order valence-electron chi connectivity index (χ3n) is 3.85. The number of halogens is 1. The number of carbonyl (C=O) groups excluding carboxylic acids is 2. The van der Waals surface area contributed by atoms with E-state index in [4.69, 9.17) is 11.6 Å². The van der Waals surface area contributed by atoms with Crippen LogP contribution in [0.15, 0.2) is 24.3 Å². The van der Waals surface area contributed by atoms with Crippen molar-refractivity contribution >= 4 is 23.3 Å². The maximum atomic E-state index is 12.4. The van der Waals surface area contributed by atoms with Crippen LogP contribution in [0.25, 0.3) is 0 Å². The molecule has 0 aliphatic carbocycles. The van der Waals surface area contributed by atoms with Gasteiger partial charge in [0.15, 0.2) is 5.78 Å². The maximum Gasteiger partial charge on any atom is 0.268 e. The number of nitrogens with one attached hydrogen (secondary N) is 2. The van der Waals surface area contributed by atoms with Gasteiger partial charge in [-0.2, -0.15) is 0 Å². The fraction of sp³-hybridized carbons (Fsp3) is 0.333. The number of rotatable bonds is 5. The van der Waals surface area contributed by atoms with Crippen molar-refractivity contribution in [1.29, 1.82) is 0 Å². The van der Waals surface area contributed by atoms with Crippen LogP contribution in [0.3, 0.4) is 0 Å². The smallest absolute Gasteiger partial charge is 0.268 e. The first kappa shape index (κ1) is 17.3. The SMILES string of the molecule is CC(=O)c1c(C)[nH]c(C(=O)NC(C)Cc2ccc(Cl)cc2)c1C. The molecule has 1 aromatic carbocycles. The average molecular weight is 333 g/mol. The number of carbonyl (C=O) groups is 2. The second-order valence-electron chi connectivity index (χ2n) is 5.89. The zero-order valence-electron chi connectivity index (χ0n) is 13.8. The molecule has 1 atom stereocenters. The standard InChI is InChI=1S/C18H21ClN2O2/c1-10(9-14-5-7-15(19)8-6-14)20-18(23)17-11(2)16(13(4)22)12(3)21-17/h5-8,10,21H,9H2,1-4H3,(H,20,23). The molecule has 1 aromatic heterocycles. The highest BCUT2D eigenvalue weighted by Gasteiger charge is 2.20. The minimum atomic E-state index is -0.195. The van der Waals surface area contributed by atoms with E-state index in [1.165, 1.54) is 6.92 Å². The molecule has 0 bridgehead atoms. The summed E-state index contributed by atoms with van der Waals surface area (Å²) in [5, 5.41) is 3.66. The van der Waals surface area contributed by atoms with Crippen LogP contribution in [0.1, 0.15) is 51.5 Å². The highest BCUT2D eigenvalue weighted by atomic mass is 35.5. The van der Waals surface area contributed by atoms with E-state index in [9.17, 15) is 9.59 Å². The molecular formula is C18H21ClN2O2. The van der Waals surface area contributed by atoms with Crippen LogP contribution in [0.2, 0.25) is 5.02 Å². The number of amides is 1. The van der Waals surface area contributed by atoms with Crippen LogP contribution in [0, 0.1) is 13.8 Å². The quantitative estimate of drug-likeness (QED) is 0.817. The molecule has 0 aliphatic heterocycles. The van der Waals surface area contributed by atoms with Crippen LogP contribution in [0.5, 0.6) is 0 Å². The Morgan fingerprint density at radius 2 is 1.83 bits per heavy atom. The Kier molecular flexibility index (Phi) is 5.26.